The summed E-state index contributed by atoms with van der Waals surface area (Å²) in [6.45, 7) is 3.28. The maximum atomic E-state index is 10.7. The van der Waals surface area contributed by atoms with Crippen LogP contribution in [0.3, 0.4) is 0 Å². The van der Waals surface area contributed by atoms with Crippen molar-refractivity contribution in [1.82, 2.24) is 5.32 Å². The van der Waals surface area contributed by atoms with E-state index < -0.39 is 5.97 Å². The maximum Gasteiger partial charge on any atom is 0.371 e. The Bertz CT molecular complexity index is 516. The van der Waals surface area contributed by atoms with Gasteiger partial charge >= 0.3 is 5.97 Å². The first-order valence-electron chi connectivity index (χ1n) is 5.71. The van der Waals surface area contributed by atoms with E-state index in [0.29, 0.717) is 12.3 Å². The number of aromatic carboxylic acids is 1. The highest BCUT2D eigenvalue weighted by atomic mass is 32.1. The lowest BCUT2D eigenvalue weighted by Gasteiger charge is -2.02. The Hall–Kier alpha value is -1.59. The smallest absolute Gasteiger partial charge is 0.371 e. The number of nitrogens with one attached hydrogen (secondary N) is 1. The molecule has 96 valence electrons. The summed E-state index contributed by atoms with van der Waals surface area (Å²) >= 11 is 1.69. The first-order valence-corrected chi connectivity index (χ1v) is 6.65. The highest BCUT2D eigenvalue weighted by molar-refractivity contribution is 7.07. The second-order valence-electron chi connectivity index (χ2n) is 4.06. The van der Waals surface area contributed by atoms with Gasteiger partial charge in [-0.05, 0) is 48.3 Å². The summed E-state index contributed by atoms with van der Waals surface area (Å²) in [6.07, 6.45) is 0.978. The number of thiophene rings is 1. The summed E-state index contributed by atoms with van der Waals surface area (Å²) in [7, 11) is 0. The van der Waals surface area contributed by atoms with E-state index in [2.05, 4.69) is 22.1 Å². The fourth-order valence-electron chi connectivity index (χ4n) is 1.69. The number of hydrogen-bond acceptors (Lipinski definition) is 4. The molecule has 4 nitrogen and oxygen atoms in total. The van der Waals surface area contributed by atoms with Gasteiger partial charge in [-0.3, -0.25) is 0 Å². The van der Waals surface area contributed by atoms with Crippen LogP contribution < -0.4 is 5.32 Å². The average Bonchev–Trinajstić information content (AvgIpc) is 2.94. The molecule has 0 aliphatic carbocycles. The molecule has 5 heteroatoms. The normalized spacial score (nSPS) is 10.7. The van der Waals surface area contributed by atoms with Crippen LogP contribution in [0.4, 0.5) is 0 Å². The molecule has 0 aliphatic heterocycles. The number of carbonyl (C=O) groups is 1. The van der Waals surface area contributed by atoms with Crippen molar-refractivity contribution >= 4 is 17.3 Å². The van der Waals surface area contributed by atoms with Crippen LogP contribution in [0, 0.1) is 6.92 Å². The lowest BCUT2D eigenvalue weighted by molar-refractivity contribution is 0.0661. The van der Waals surface area contributed by atoms with Crippen LogP contribution in [-0.4, -0.2) is 17.6 Å². The number of carboxylic acid groups (broad SMARTS) is 1. The van der Waals surface area contributed by atoms with Crippen molar-refractivity contribution in [2.24, 2.45) is 0 Å². The summed E-state index contributed by atoms with van der Waals surface area (Å²) in [5.74, 6) is -0.361. The van der Waals surface area contributed by atoms with Crippen LogP contribution in [0.1, 0.15) is 27.4 Å². The Balaban J connectivity index is 1.81. The molecule has 0 aliphatic rings. The van der Waals surface area contributed by atoms with E-state index in [9.17, 15) is 4.79 Å². The zero-order chi connectivity index (χ0) is 13.0. The predicted molar refractivity (Wildman–Crippen MR) is 70.1 cm³/mol. The van der Waals surface area contributed by atoms with E-state index >= 15 is 0 Å². The standard InChI is InChI=1S/C13H15NO3S/c1-9-11(6-12(17-9)13(15)16)7-14-4-2-10-3-5-18-8-10/h3,5-6,8,14H,2,4,7H2,1H3,(H,15,16). The molecular formula is C13H15NO3S. The van der Waals surface area contributed by atoms with E-state index in [-0.39, 0.29) is 5.76 Å². The molecule has 0 saturated heterocycles. The fraction of sp³-hybridized carbons (Fsp3) is 0.308. The number of carboxylic acids is 1. The topological polar surface area (TPSA) is 62.5 Å². The van der Waals surface area contributed by atoms with Crippen LogP contribution in [0.5, 0.6) is 0 Å². The van der Waals surface area contributed by atoms with Gasteiger partial charge in [0, 0.05) is 12.1 Å². The second kappa shape index (κ2) is 5.84. The maximum absolute atomic E-state index is 10.7. The molecule has 0 radical (unpaired) electrons. The van der Waals surface area contributed by atoms with Gasteiger partial charge in [-0.2, -0.15) is 11.3 Å². The third-order valence-electron chi connectivity index (χ3n) is 2.72. The fourth-order valence-corrected chi connectivity index (χ4v) is 2.39. The van der Waals surface area contributed by atoms with Gasteiger partial charge in [-0.15, -0.1) is 0 Å². The molecule has 0 spiro atoms. The third kappa shape index (κ3) is 3.21. The number of furan rings is 1. The second-order valence-corrected chi connectivity index (χ2v) is 4.84. The van der Waals surface area contributed by atoms with Crippen molar-refractivity contribution in [3.8, 4) is 0 Å². The van der Waals surface area contributed by atoms with Gasteiger partial charge in [0.15, 0.2) is 0 Å². The minimum absolute atomic E-state index is 0.00198. The third-order valence-corrected chi connectivity index (χ3v) is 3.45. The zero-order valence-corrected chi connectivity index (χ0v) is 10.9. The van der Waals surface area contributed by atoms with Gasteiger partial charge in [0.25, 0.3) is 0 Å². The van der Waals surface area contributed by atoms with Gasteiger partial charge in [-0.1, -0.05) is 0 Å². The van der Waals surface area contributed by atoms with E-state index in [4.69, 9.17) is 9.52 Å². The molecule has 0 atom stereocenters. The molecule has 2 rings (SSSR count). The van der Waals surface area contributed by atoms with Gasteiger partial charge in [0.05, 0.1) is 0 Å². The molecule has 0 unspecified atom stereocenters. The molecule has 0 amide bonds. The molecule has 0 aromatic carbocycles. The molecule has 0 bridgehead atoms. The molecule has 2 N–H and O–H groups in total. The summed E-state index contributed by atoms with van der Waals surface area (Å²) < 4.78 is 5.14. The van der Waals surface area contributed by atoms with Crippen molar-refractivity contribution in [1.29, 1.82) is 0 Å². The monoisotopic (exact) mass is 265 g/mol. The first-order chi connectivity index (χ1) is 8.66. The van der Waals surface area contributed by atoms with Crippen LogP contribution in [0.15, 0.2) is 27.3 Å². The largest absolute Gasteiger partial charge is 0.475 e. The number of hydrogen-bond donors (Lipinski definition) is 2. The zero-order valence-electron chi connectivity index (χ0n) is 10.1. The van der Waals surface area contributed by atoms with Crippen molar-refractivity contribution in [2.45, 2.75) is 19.9 Å². The van der Waals surface area contributed by atoms with Gasteiger partial charge in [0.2, 0.25) is 5.76 Å². The molecular weight excluding hydrogens is 250 g/mol. The molecule has 0 saturated carbocycles. The molecule has 2 aromatic rings. The predicted octanol–water partition coefficient (Wildman–Crippen LogP) is 2.68. The molecule has 0 fully saturated rings. The molecule has 2 aromatic heterocycles. The lowest BCUT2D eigenvalue weighted by Crippen LogP contribution is -2.16. The summed E-state index contributed by atoms with van der Waals surface area (Å²) in [6, 6.07) is 3.69. The van der Waals surface area contributed by atoms with E-state index in [0.717, 1.165) is 18.5 Å². The van der Waals surface area contributed by atoms with Crippen LogP contribution in [0.2, 0.25) is 0 Å². The van der Waals surface area contributed by atoms with Gasteiger partial charge in [-0.25, -0.2) is 4.79 Å². The Morgan fingerprint density at radius 1 is 1.56 bits per heavy atom. The Kier molecular flexibility index (Phi) is 4.17. The van der Waals surface area contributed by atoms with Crippen molar-refractivity contribution < 1.29 is 14.3 Å². The van der Waals surface area contributed by atoms with E-state index in [1.165, 1.54) is 5.56 Å². The summed E-state index contributed by atoms with van der Waals surface area (Å²) in [5, 5.41) is 16.3. The number of aryl methyl sites for hydroxylation is 1. The molecule has 2 heterocycles. The highest BCUT2D eigenvalue weighted by Gasteiger charge is 2.12. The van der Waals surface area contributed by atoms with Crippen molar-refractivity contribution in [2.75, 3.05) is 6.54 Å². The molecule has 18 heavy (non-hydrogen) atoms. The van der Waals surface area contributed by atoms with Gasteiger partial charge in [0.1, 0.15) is 5.76 Å². The minimum atomic E-state index is -1.03. The van der Waals surface area contributed by atoms with Crippen LogP contribution >= 0.6 is 11.3 Å². The van der Waals surface area contributed by atoms with Crippen molar-refractivity contribution in [3.05, 3.63) is 45.5 Å². The quantitative estimate of drug-likeness (QED) is 0.788. The van der Waals surface area contributed by atoms with Crippen LogP contribution in [-0.2, 0) is 13.0 Å². The number of rotatable bonds is 6. The lowest BCUT2D eigenvalue weighted by atomic mass is 10.2. The minimum Gasteiger partial charge on any atom is -0.475 e. The van der Waals surface area contributed by atoms with Crippen LogP contribution in [0.25, 0.3) is 0 Å². The van der Waals surface area contributed by atoms with E-state index in [1.54, 1.807) is 24.3 Å². The summed E-state index contributed by atoms with van der Waals surface area (Å²) in [5.41, 5.74) is 2.22. The summed E-state index contributed by atoms with van der Waals surface area (Å²) in [4.78, 5) is 10.7. The van der Waals surface area contributed by atoms with E-state index in [1.807, 2.05) is 0 Å². The Labute approximate surface area is 109 Å². The first kappa shape index (κ1) is 12.9. The van der Waals surface area contributed by atoms with Crippen molar-refractivity contribution in [3.63, 3.8) is 0 Å². The average molecular weight is 265 g/mol. The Morgan fingerprint density at radius 3 is 3.00 bits per heavy atom. The Morgan fingerprint density at radius 2 is 2.39 bits per heavy atom. The SMILES string of the molecule is Cc1oc(C(=O)O)cc1CNCCc1ccsc1. The highest BCUT2D eigenvalue weighted by Crippen LogP contribution is 2.14. The van der Waals surface area contributed by atoms with Gasteiger partial charge < -0.3 is 14.8 Å².